The van der Waals surface area contributed by atoms with Crippen molar-refractivity contribution in [3.63, 3.8) is 0 Å². The fraction of sp³-hybridized carbons (Fsp3) is 0.375. The van der Waals surface area contributed by atoms with Gasteiger partial charge in [-0.05, 0) is 61.6 Å². The Kier molecular flexibility index (Phi) is 9.81. The van der Waals surface area contributed by atoms with Crippen LogP contribution in [0.4, 0.5) is 10.1 Å². The molecule has 1 atom stereocenters. The quantitative estimate of drug-likeness (QED) is 0.320. The topological polar surface area (TPSA) is 86.8 Å². The van der Waals surface area contributed by atoms with Crippen molar-refractivity contribution in [1.29, 1.82) is 0 Å². The Morgan fingerprint density at radius 1 is 0.902 bits per heavy atom. The molecule has 9 heteroatoms. The molecule has 1 fully saturated rings. The Balaban J connectivity index is 1.69. The second-order valence-corrected chi connectivity index (χ2v) is 12.7. The lowest BCUT2D eigenvalue weighted by Crippen LogP contribution is -2.52. The number of rotatable bonds is 11. The first-order chi connectivity index (χ1) is 19.6. The molecule has 0 aliphatic heterocycles. The van der Waals surface area contributed by atoms with Gasteiger partial charge in [0, 0.05) is 18.2 Å². The fourth-order valence-corrected chi connectivity index (χ4v) is 6.49. The summed E-state index contributed by atoms with van der Waals surface area (Å²) >= 11 is 0. The lowest BCUT2D eigenvalue weighted by atomic mass is 10.0. The third-order valence-electron chi connectivity index (χ3n) is 7.63. The molecule has 3 aromatic carbocycles. The monoisotopic (exact) mass is 579 g/mol. The van der Waals surface area contributed by atoms with Crippen molar-refractivity contribution in [3.8, 4) is 0 Å². The summed E-state index contributed by atoms with van der Waals surface area (Å²) in [6.07, 6.45) is 3.79. The number of anilines is 1. The molecule has 1 N–H and O–H groups in total. The summed E-state index contributed by atoms with van der Waals surface area (Å²) in [6, 6.07) is 20.1. The second-order valence-electron chi connectivity index (χ2n) is 10.8. The van der Waals surface area contributed by atoms with Crippen LogP contribution in [0, 0.1) is 5.82 Å². The van der Waals surface area contributed by atoms with Crippen molar-refractivity contribution in [2.45, 2.75) is 75.9 Å². The lowest BCUT2D eigenvalue weighted by molar-refractivity contribution is -0.139. The van der Waals surface area contributed by atoms with Crippen molar-refractivity contribution in [3.05, 3.63) is 95.8 Å². The molecule has 1 aliphatic carbocycles. The summed E-state index contributed by atoms with van der Waals surface area (Å²) in [5.74, 6) is -1.23. The first-order valence-corrected chi connectivity index (χ1v) is 15.5. The maximum absolute atomic E-state index is 14.7. The molecule has 0 heterocycles. The highest BCUT2D eigenvalue weighted by Crippen LogP contribution is 2.27. The number of halogens is 1. The van der Waals surface area contributed by atoms with Crippen LogP contribution in [-0.2, 0) is 26.2 Å². The number of nitrogens with zero attached hydrogens (tertiary/aromatic N) is 2. The summed E-state index contributed by atoms with van der Waals surface area (Å²) in [4.78, 5) is 28.6. The van der Waals surface area contributed by atoms with Crippen LogP contribution in [-0.4, -0.2) is 43.8 Å². The molecule has 4 rings (SSSR count). The molecule has 41 heavy (non-hydrogen) atoms. The lowest BCUT2D eigenvalue weighted by Gasteiger charge is -2.32. The zero-order chi connectivity index (χ0) is 29.6. The van der Waals surface area contributed by atoms with Gasteiger partial charge < -0.3 is 10.2 Å². The first kappa shape index (κ1) is 30.2. The highest BCUT2D eigenvalue weighted by Gasteiger charge is 2.33. The van der Waals surface area contributed by atoms with Crippen LogP contribution < -0.4 is 9.62 Å². The standard InChI is InChI=1S/C32H38FN3O4S/c1-23(2)25-17-19-28(20-18-25)36(41(39,40)29-14-5-4-6-15-29)22-31(37)35(21-26-11-7-10-16-30(26)33)24(3)32(38)34-27-12-8-9-13-27/h4-7,10-11,14-20,23-24,27H,8-9,12-13,21-22H2,1-3H3,(H,34,38). The van der Waals surface area contributed by atoms with E-state index in [0.29, 0.717) is 5.69 Å². The van der Waals surface area contributed by atoms with Crippen LogP contribution in [0.5, 0.6) is 0 Å². The zero-order valence-corrected chi connectivity index (χ0v) is 24.6. The van der Waals surface area contributed by atoms with Crippen molar-refractivity contribution in [1.82, 2.24) is 10.2 Å². The van der Waals surface area contributed by atoms with Crippen molar-refractivity contribution >= 4 is 27.5 Å². The largest absolute Gasteiger partial charge is 0.352 e. The van der Waals surface area contributed by atoms with E-state index in [2.05, 4.69) is 5.32 Å². The number of carbonyl (C=O) groups is 2. The zero-order valence-electron chi connectivity index (χ0n) is 23.8. The van der Waals surface area contributed by atoms with E-state index in [9.17, 15) is 22.4 Å². The van der Waals surface area contributed by atoms with Gasteiger partial charge in [-0.2, -0.15) is 0 Å². The number of amides is 2. The third kappa shape index (κ3) is 7.33. The second kappa shape index (κ2) is 13.3. The molecule has 0 bridgehead atoms. The Labute approximate surface area is 242 Å². The van der Waals surface area contributed by atoms with Gasteiger partial charge in [0.15, 0.2) is 0 Å². The predicted molar refractivity (Wildman–Crippen MR) is 158 cm³/mol. The number of sulfonamides is 1. The van der Waals surface area contributed by atoms with E-state index >= 15 is 0 Å². The molecule has 2 amide bonds. The van der Waals surface area contributed by atoms with Crippen LogP contribution in [0.1, 0.15) is 63.5 Å². The summed E-state index contributed by atoms with van der Waals surface area (Å²) in [5.41, 5.74) is 1.58. The van der Waals surface area contributed by atoms with E-state index in [4.69, 9.17) is 0 Å². The molecule has 0 spiro atoms. The minimum atomic E-state index is -4.15. The van der Waals surface area contributed by atoms with Gasteiger partial charge in [-0.15, -0.1) is 0 Å². The minimum Gasteiger partial charge on any atom is -0.352 e. The fourth-order valence-electron chi connectivity index (χ4n) is 5.06. The first-order valence-electron chi connectivity index (χ1n) is 14.1. The molecule has 1 unspecified atom stereocenters. The Bertz CT molecular complexity index is 1440. The predicted octanol–water partition coefficient (Wildman–Crippen LogP) is 5.62. The molecule has 0 saturated heterocycles. The highest BCUT2D eigenvalue weighted by molar-refractivity contribution is 7.92. The number of carbonyl (C=O) groups excluding carboxylic acids is 2. The van der Waals surface area contributed by atoms with E-state index in [1.807, 2.05) is 26.0 Å². The van der Waals surface area contributed by atoms with E-state index in [-0.39, 0.29) is 34.9 Å². The summed E-state index contributed by atoms with van der Waals surface area (Å²) in [7, 11) is -4.15. The Hall–Kier alpha value is -3.72. The van der Waals surface area contributed by atoms with E-state index < -0.39 is 34.3 Å². The molecule has 1 saturated carbocycles. The smallest absolute Gasteiger partial charge is 0.264 e. The van der Waals surface area contributed by atoms with Crippen LogP contribution in [0.25, 0.3) is 0 Å². The molecule has 0 aromatic heterocycles. The van der Waals surface area contributed by atoms with Gasteiger partial charge in [0.1, 0.15) is 18.4 Å². The summed E-state index contributed by atoms with van der Waals surface area (Å²) in [6.45, 7) is 4.92. The van der Waals surface area contributed by atoms with Crippen molar-refractivity contribution in [2.24, 2.45) is 0 Å². The number of nitrogens with one attached hydrogen (secondary N) is 1. The van der Waals surface area contributed by atoms with Crippen LogP contribution in [0.15, 0.2) is 83.8 Å². The van der Waals surface area contributed by atoms with Crippen molar-refractivity contribution in [2.75, 3.05) is 10.8 Å². The molecular weight excluding hydrogens is 541 g/mol. The Morgan fingerprint density at radius 3 is 2.12 bits per heavy atom. The van der Waals surface area contributed by atoms with Crippen LogP contribution >= 0.6 is 0 Å². The van der Waals surface area contributed by atoms with Gasteiger partial charge in [0.25, 0.3) is 10.0 Å². The average Bonchev–Trinajstić information content (AvgIpc) is 3.48. The maximum atomic E-state index is 14.7. The highest BCUT2D eigenvalue weighted by atomic mass is 32.2. The molecular formula is C32H38FN3O4S. The number of hydrogen-bond acceptors (Lipinski definition) is 4. The summed E-state index contributed by atoms with van der Waals surface area (Å²) < 4.78 is 43.5. The molecule has 218 valence electrons. The number of benzene rings is 3. The molecule has 1 aliphatic rings. The van der Waals surface area contributed by atoms with Gasteiger partial charge in [-0.1, -0.05) is 75.2 Å². The van der Waals surface area contributed by atoms with Gasteiger partial charge in [-0.3, -0.25) is 13.9 Å². The van der Waals surface area contributed by atoms with Gasteiger partial charge in [0.2, 0.25) is 11.8 Å². The molecule has 3 aromatic rings. The van der Waals surface area contributed by atoms with E-state index in [1.165, 1.54) is 23.1 Å². The van der Waals surface area contributed by atoms with Gasteiger partial charge in [0.05, 0.1) is 10.6 Å². The minimum absolute atomic E-state index is 0.0322. The normalized spacial score (nSPS) is 14.6. The van der Waals surface area contributed by atoms with Gasteiger partial charge >= 0.3 is 0 Å². The van der Waals surface area contributed by atoms with E-state index in [1.54, 1.807) is 55.5 Å². The van der Waals surface area contributed by atoms with Crippen molar-refractivity contribution < 1.29 is 22.4 Å². The summed E-state index contributed by atoms with van der Waals surface area (Å²) in [5, 5.41) is 3.01. The van der Waals surface area contributed by atoms with Crippen LogP contribution in [0.2, 0.25) is 0 Å². The third-order valence-corrected chi connectivity index (χ3v) is 9.41. The number of hydrogen-bond donors (Lipinski definition) is 1. The van der Waals surface area contributed by atoms with Gasteiger partial charge in [-0.25, -0.2) is 12.8 Å². The molecule has 0 radical (unpaired) electrons. The Morgan fingerprint density at radius 2 is 1.51 bits per heavy atom. The SMILES string of the molecule is CC(C)c1ccc(N(CC(=O)N(Cc2ccccc2F)C(C)C(=O)NC2CCCC2)S(=O)(=O)c2ccccc2)cc1. The molecule has 7 nitrogen and oxygen atoms in total. The van der Waals surface area contributed by atoms with Crippen LogP contribution in [0.3, 0.4) is 0 Å². The maximum Gasteiger partial charge on any atom is 0.264 e. The average molecular weight is 580 g/mol. The van der Waals surface area contributed by atoms with E-state index in [0.717, 1.165) is 35.6 Å².